The van der Waals surface area contributed by atoms with E-state index in [1.807, 2.05) is 11.0 Å². The zero-order chi connectivity index (χ0) is 19.7. The van der Waals surface area contributed by atoms with Gasteiger partial charge in [-0.2, -0.15) is 0 Å². The Bertz CT molecular complexity index is 833. The number of carbonyl (C=O) groups excluding carboxylic acids is 1. The molecule has 1 aromatic heterocycles. The second-order valence-electron chi connectivity index (χ2n) is 8.85. The third-order valence-electron chi connectivity index (χ3n) is 5.69. The molecule has 0 aliphatic carbocycles. The van der Waals surface area contributed by atoms with Crippen molar-refractivity contribution >= 4 is 22.9 Å². The summed E-state index contributed by atoms with van der Waals surface area (Å²) in [6, 6.07) is 8.27. The van der Waals surface area contributed by atoms with E-state index in [1.165, 1.54) is 16.3 Å². The lowest BCUT2D eigenvalue weighted by Gasteiger charge is -2.34. The molecule has 0 spiro atoms. The Labute approximate surface area is 172 Å². The molecule has 1 fully saturated rings. The summed E-state index contributed by atoms with van der Waals surface area (Å²) in [5, 5.41) is 3.39. The van der Waals surface area contributed by atoms with Crippen molar-refractivity contribution in [3.8, 4) is 0 Å². The summed E-state index contributed by atoms with van der Waals surface area (Å²) in [6.45, 7) is 12.8. The maximum Gasteiger partial charge on any atom is 0.241 e. The van der Waals surface area contributed by atoms with Crippen LogP contribution in [0.15, 0.2) is 29.6 Å². The van der Waals surface area contributed by atoms with Crippen LogP contribution < -0.4 is 4.90 Å². The van der Waals surface area contributed by atoms with Crippen molar-refractivity contribution in [2.24, 2.45) is 0 Å². The Morgan fingerprint density at radius 3 is 2.50 bits per heavy atom. The molecule has 0 saturated carbocycles. The lowest BCUT2D eigenvalue weighted by atomic mass is 9.93. The lowest BCUT2D eigenvalue weighted by molar-refractivity contribution is -0.120. The normalized spacial score (nSPS) is 18.5. The number of benzene rings is 1. The van der Waals surface area contributed by atoms with E-state index in [9.17, 15) is 4.79 Å². The van der Waals surface area contributed by atoms with E-state index < -0.39 is 0 Å². The molecule has 1 amide bonds. The number of fused-ring (bicyclic) bond motifs is 1. The van der Waals surface area contributed by atoms with Crippen LogP contribution in [0.3, 0.4) is 0 Å². The fourth-order valence-corrected chi connectivity index (χ4v) is 4.96. The Morgan fingerprint density at radius 1 is 1.07 bits per heavy atom. The van der Waals surface area contributed by atoms with E-state index in [0.29, 0.717) is 6.54 Å². The third-order valence-corrected chi connectivity index (χ3v) is 6.52. The van der Waals surface area contributed by atoms with Crippen molar-refractivity contribution in [3.05, 3.63) is 45.9 Å². The number of rotatable bonds is 4. The number of amides is 1. The molecule has 0 radical (unpaired) electrons. The zero-order valence-electron chi connectivity index (χ0n) is 17.1. The summed E-state index contributed by atoms with van der Waals surface area (Å²) in [6.07, 6.45) is 0.972. The van der Waals surface area contributed by atoms with Crippen LogP contribution in [0.2, 0.25) is 0 Å². The first kappa shape index (κ1) is 19.6. The molecule has 5 nitrogen and oxygen atoms in total. The van der Waals surface area contributed by atoms with Gasteiger partial charge in [0.15, 0.2) is 0 Å². The first-order valence-corrected chi connectivity index (χ1v) is 11.1. The average Bonchev–Trinajstić information content (AvgIpc) is 3.30. The minimum atomic E-state index is 0.113. The van der Waals surface area contributed by atoms with E-state index in [-0.39, 0.29) is 11.3 Å². The second kappa shape index (κ2) is 7.93. The molecule has 1 aromatic carbocycles. The lowest BCUT2D eigenvalue weighted by Crippen LogP contribution is -2.49. The molecular formula is C22H30N4OS. The average molecular weight is 399 g/mol. The first-order valence-electron chi connectivity index (χ1n) is 10.2. The van der Waals surface area contributed by atoms with Crippen LogP contribution in [0.5, 0.6) is 0 Å². The largest absolute Gasteiger partial charge is 0.311 e. The van der Waals surface area contributed by atoms with E-state index in [2.05, 4.69) is 54.2 Å². The Balaban J connectivity index is 1.27. The Hall–Kier alpha value is -1.76. The van der Waals surface area contributed by atoms with Crippen LogP contribution in [-0.4, -0.2) is 60.0 Å². The first-order chi connectivity index (χ1) is 13.4. The smallest absolute Gasteiger partial charge is 0.241 e. The predicted octanol–water partition coefficient (Wildman–Crippen LogP) is 3.15. The van der Waals surface area contributed by atoms with Gasteiger partial charge in [0.1, 0.15) is 5.01 Å². The van der Waals surface area contributed by atoms with Crippen LogP contribution >= 0.6 is 11.3 Å². The minimum Gasteiger partial charge on any atom is -0.311 e. The number of para-hydroxylation sites is 1. The number of thiazole rings is 1. The highest BCUT2D eigenvalue weighted by Crippen LogP contribution is 2.28. The van der Waals surface area contributed by atoms with E-state index in [0.717, 1.165) is 51.4 Å². The fraction of sp³-hybridized carbons (Fsp3) is 0.545. The summed E-state index contributed by atoms with van der Waals surface area (Å²) in [5.41, 5.74) is 3.69. The van der Waals surface area contributed by atoms with Crippen LogP contribution in [-0.2, 0) is 23.2 Å². The summed E-state index contributed by atoms with van der Waals surface area (Å²) >= 11 is 1.76. The van der Waals surface area contributed by atoms with Gasteiger partial charge in [-0.15, -0.1) is 11.3 Å². The molecule has 1 saturated heterocycles. The monoisotopic (exact) mass is 398 g/mol. The van der Waals surface area contributed by atoms with Gasteiger partial charge in [-0.1, -0.05) is 39.0 Å². The Morgan fingerprint density at radius 2 is 1.79 bits per heavy atom. The van der Waals surface area contributed by atoms with Gasteiger partial charge in [0.2, 0.25) is 5.91 Å². The van der Waals surface area contributed by atoms with Crippen molar-refractivity contribution in [1.82, 2.24) is 14.8 Å². The topological polar surface area (TPSA) is 39.7 Å². The number of hydrogen-bond donors (Lipinski definition) is 0. The number of carbonyl (C=O) groups is 1. The van der Waals surface area contributed by atoms with Gasteiger partial charge in [-0.05, 0) is 18.1 Å². The maximum atomic E-state index is 12.8. The number of nitrogens with zero attached hydrogens (tertiary/aromatic N) is 4. The second-order valence-corrected chi connectivity index (χ2v) is 9.80. The third kappa shape index (κ3) is 4.29. The Kier molecular flexibility index (Phi) is 5.54. The summed E-state index contributed by atoms with van der Waals surface area (Å²) in [4.78, 5) is 24.3. The standard InChI is InChI=1S/C22H30N4OS/c1-22(2,3)19-16-28-20(23-19)14-24-10-12-25(13-11-24)15-21(27)26-9-8-17-6-4-5-7-18(17)26/h4-7,16H,8-15H2,1-3H3. The number of anilines is 1. The molecule has 4 rings (SSSR count). The quantitative estimate of drug-likeness (QED) is 0.793. The highest BCUT2D eigenvalue weighted by molar-refractivity contribution is 7.09. The molecular weight excluding hydrogens is 368 g/mol. The summed E-state index contributed by atoms with van der Waals surface area (Å²) < 4.78 is 0. The number of piperazine rings is 1. The molecule has 3 heterocycles. The van der Waals surface area contributed by atoms with E-state index in [1.54, 1.807) is 11.3 Å². The van der Waals surface area contributed by atoms with Gasteiger partial charge in [-0.25, -0.2) is 4.98 Å². The van der Waals surface area contributed by atoms with Crippen LogP contribution in [0, 0.1) is 0 Å². The highest BCUT2D eigenvalue weighted by Gasteiger charge is 2.27. The minimum absolute atomic E-state index is 0.113. The van der Waals surface area contributed by atoms with E-state index >= 15 is 0 Å². The van der Waals surface area contributed by atoms with Crippen molar-refractivity contribution in [2.45, 2.75) is 39.2 Å². The molecule has 0 unspecified atom stereocenters. The number of hydrogen-bond acceptors (Lipinski definition) is 5. The molecule has 28 heavy (non-hydrogen) atoms. The van der Waals surface area contributed by atoms with Gasteiger partial charge in [0, 0.05) is 49.2 Å². The molecule has 6 heteroatoms. The molecule has 2 aliphatic heterocycles. The SMILES string of the molecule is CC(C)(C)c1csc(CN2CCN(CC(=O)N3CCc4ccccc43)CC2)n1. The van der Waals surface area contributed by atoms with E-state index in [4.69, 9.17) is 4.98 Å². The van der Waals surface area contributed by atoms with Gasteiger partial charge in [0.05, 0.1) is 18.8 Å². The molecule has 150 valence electrons. The van der Waals surface area contributed by atoms with Gasteiger partial charge < -0.3 is 4.90 Å². The van der Waals surface area contributed by atoms with Gasteiger partial charge in [0.25, 0.3) is 0 Å². The molecule has 0 bridgehead atoms. The van der Waals surface area contributed by atoms with Crippen molar-refractivity contribution in [1.29, 1.82) is 0 Å². The zero-order valence-corrected chi connectivity index (χ0v) is 18.0. The van der Waals surface area contributed by atoms with Gasteiger partial charge >= 0.3 is 0 Å². The molecule has 0 N–H and O–H groups in total. The van der Waals surface area contributed by atoms with Crippen LogP contribution in [0.4, 0.5) is 5.69 Å². The summed E-state index contributed by atoms with van der Waals surface area (Å²) in [5.74, 6) is 0.230. The molecule has 2 aliphatic rings. The van der Waals surface area contributed by atoms with Crippen molar-refractivity contribution in [2.75, 3.05) is 44.2 Å². The number of aromatic nitrogens is 1. The summed E-state index contributed by atoms with van der Waals surface area (Å²) in [7, 11) is 0. The highest BCUT2D eigenvalue weighted by atomic mass is 32.1. The molecule has 2 aromatic rings. The van der Waals surface area contributed by atoms with Crippen LogP contribution in [0.25, 0.3) is 0 Å². The van der Waals surface area contributed by atoms with Crippen LogP contribution in [0.1, 0.15) is 37.0 Å². The molecule has 0 atom stereocenters. The fourth-order valence-electron chi connectivity index (χ4n) is 3.90. The van der Waals surface area contributed by atoms with Crippen molar-refractivity contribution in [3.63, 3.8) is 0 Å². The van der Waals surface area contributed by atoms with Crippen molar-refractivity contribution < 1.29 is 4.79 Å². The predicted molar refractivity (Wildman–Crippen MR) is 115 cm³/mol. The van der Waals surface area contributed by atoms with Gasteiger partial charge in [-0.3, -0.25) is 14.6 Å². The maximum absolute atomic E-state index is 12.8.